The van der Waals surface area contributed by atoms with E-state index < -0.39 is 60.3 Å². The van der Waals surface area contributed by atoms with Gasteiger partial charge in [-0.25, -0.2) is 4.79 Å². The van der Waals surface area contributed by atoms with Gasteiger partial charge in [0.05, 0.1) is 6.61 Å². The smallest absolute Gasteiger partial charge is 0.328 e. The van der Waals surface area contributed by atoms with Gasteiger partial charge in [0.25, 0.3) is 0 Å². The van der Waals surface area contributed by atoms with Crippen LogP contribution in [0, 0.1) is 0 Å². The van der Waals surface area contributed by atoms with Crippen molar-refractivity contribution < 1.29 is 38.1 Å². The Bertz CT molecular complexity index is 1630. The van der Waals surface area contributed by atoms with Gasteiger partial charge in [0.15, 0.2) is 6.29 Å². The van der Waals surface area contributed by atoms with E-state index in [9.17, 15) is 14.4 Å². The maximum atomic E-state index is 13.5. The summed E-state index contributed by atoms with van der Waals surface area (Å²) in [5.41, 5.74) is 2.27. The number of hydrogen-bond donors (Lipinski definition) is 2. The summed E-state index contributed by atoms with van der Waals surface area (Å²) < 4.78 is 31.7. The first-order chi connectivity index (χ1) is 24.3. The molecule has 7 atom stereocenters. The van der Waals surface area contributed by atoms with Crippen molar-refractivity contribution in [2.24, 2.45) is 0 Å². The standard InChI is InChI=1S/C40H42N2O8/c1-26(38(45)46-24-29-16-8-4-9-17-29)41-37(44)27(2)48-36-34(42-28(3)43)39-47-25-33(49-39)35(36)50-40(30-18-10-5-11-19-30,31-20-12-6-13-21-31)32-22-14-7-15-23-32/h4-23,26-27,33-36,39H,24-25H2,1-3H3,(H,41,44)(H,42,43)/t26-,27+,33+,34+,35+,36+,39+/m0/s1. The Kier molecular flexibility index (Phi) is 11.0. The Morgan fingerprint density at radius 3 is 1.82 bits per heavy atom. The number of amides is 2. The zero-order chi connectivity index (χ0) is 35.1. The van der Waals surface area contributed by atoms with Crippen LogP contribution in [0.5, 0.6) is 0 Å². The lowest BCUT2D eigenvalue weighted by atomic mass is 9.79. The van der Waals surface area contributed by atoms with E-state index in [4.69, 9.17) is 23.7 Å². The van der Waals surface area contributed by atoms with E-state index in [1.807, 2.05) is 121 Å². The van der Waals surface area contributed by atoms with Gasteiger partial charge in [0.2, 0.25) is 11.8 Å². The van der Waals surface area contributed by atoms with Gasteiger partial charge in [-0.3, -0.25) is 9.59 Å². The molecular weight excluding hydrogens is 636 g/mol. The van der Waals surface area contributed by atoms with Gasteiger partial charge in [0, 0.05) is 6.92 Å². The van der Waals surface area contributed by atoms with Crippen molar-refractivity contribution in [3.05, 3.63) is 144 Å². The molecule has 0 aliphatic carbocycles. The van der Waals surface area contributed by atoms with Crippen molar-refractivity contribution >= 4 is 17.8 Å². The second-order valence-corrected chi connectivity index (χ2v) is 12.5. The first kappa shape index (κ1) is 35.0. The Hall–Kier alpha value is -4.87. The molecule has 0 saturated carbocycles. The fourth-order valence-corrected chi connectivity index (χ4v) is 6.53. The van der Waals surface area contributed by atoms with Crippen LogP contribution >= 0.6 is 0 Å². The highest BCUT2D eigenvalue weighted by Crippen LogP contribution is 2.45. The fraction of sp³-hybridized carbons (Fsp3) is 0.325. The van der Waals surface area contributed by atoms with Crippen LogP contribution in [0.4, 0.5) is 0 Å². The largest absolute Gasteiger partial charge is 0.459 e. The third kappa shape index (κ3) is 7.64. The molecule has 2 N–H and O–H groups in total. The normalized spacial score (nSPS) is 22.6. The molecule has 260 valence electrons. The third-order valence-corrected chi connectivity index (χ3v) is 8.96. The molecule has 4 aromatic carbocycles. The summed E-state index contributed by atoms with van der Waals surface area (Å²) in [7, 11) is 0. The summed E-state index contributed by atoms with van der Waals surface area (Å²) in [6, 6.07) is 37.2. The molecule has 2 aliphatic rings. The van der Waals surface area contributed by atoms with Crippen LogP contribution in [0.1, 0.15) is 43.0 Å². The average molecular weight is 679 g/mol. The predicted octanol–water partition coefficient (Wildman–Crippen LogP) is 4.65. The molecule has 10 heteroatoms. The van der Waals surface area contributed by atoms with Gasteiger partial charge < -0.3 is 34.3 Å². The maximum Gasteiger partial charge on any atom is 0.328 e. The lowest BCUT2D eigenvalue weighted by Crippen LogP contribution is -2.64. The van der Waals surface area contributed by atoms with Crippen LogP contribution in [-0.4, -0.2) is 67.2 Å². The lowest BCUT2D eigenvalue weighted by molar-refractivity contribution is -0.238. The Labute approximate surface area is 292 Å². The molecule has 0 aromatic heterocycles. The number of carbonyl (C=O) groups is 3. The van der Waals surface area contributed by atoms with E-state index in [0.29, 0.717) is 0 Å². The Balaban J connectivity index is 1.31. The van der Waals surface area contributed by atoms with E-state index >= 15 is 0 Å². The van der Waals surface area contributed by atoms with Crippen molar-refractivity contribution in [1.82, 2.24) is 10.6 Å². The van der Waals surface area contributed by atoms with Crippen molar-refractivity contribution in [2.75, 3.05) is 6.61 Å². The molecule has 0 radical (unpaired) electrons. The van der Waals surface area contributed by atoms with Crippen LogP contribution < -0.4 is 10.6 Å². The van der Waals surface area contributed by atoms with Gasteiger partial charge in [-0.1, -0.05) is 121 Å². The van der Waals surface area contributed by atoms with E-state index in [2.05, 4.69) is 10.6 Å². The topological polar surface area (TPSA) is 121 Å². The summed E-state index contributed by atoms with van der Waals surface area (Å²) in [5, 5.41) is 5.64. The molecule has 2 saturated heterocycles. The molecule has 0 unspecified atom stereocenters. The summed E-state index contributed by atoms with van der Waals surface area (Å²) in [6.45, 7) is 4.82. The van der Waals surface area contributed by atoms with E-state index in [1.54, 1.807) is 13.8 Å². The summed E-state index contributed by atoms with van der Waals surface area (Å²) in [5.74, 6) is -1.44. The quantitative estimate of drug-likeness (QED) is 0.155. The highest BCUT2D eigenvalue weighted by Gasteiger charge is 2.56. The summed E-state index contributed by atoms with van der Waals surface area (Å²) >= 11 is 0. The molecule has 2 bridgehead atoms. The first-order valence-corrected chi connectivity index (χ1v) is 16.8. The van der Waals surface area contributed by atoms with Crippen molar-refractivity contribution in [3.63, 3.8) is 0 Å². The van der Waals surface area contributed by atoms with Crippen LogP contribution in [-0.2, 0) is 50.3 Å². The molecule has 50 heavy (non-hydrogen) atoms. The van der Waals surface area contributed by atoms with Crippen LogP contribution in [0.2, 0.25) is 0 Å². The van der Waals surface area contributed by atoms with Gasteiger partial charge >= 0.3 is 5.97 Å². The number of rotatable bonds is 13. The van der Waals surface area contributed by atoms with Crippen LogP contribution in [0.15, 0.2) is 121 Å². The first-order valence-electron chi connectivity index (χ1n) is 16.8. The molecular formula is C40H42N2O8. The number of benzene rings is 4. The monoisotopic (exact) mass is 678 g/mol. The van der Waals surface area contributed by atoms with Crippen molar-refractivity contribution in [3.8, 4) is 0 Å². The number of esters is 1. The van der Waals surface area contributed by atoms with Gasteiger partial charge in [-0.05, 0) is 36.1 Å². The molecule has 4 aromatic rings. The van der Waals surface area contributed by atoms with Gasteiger partial charge in [-0.15, -0.1) is 0 Å². The highest BCUT2D eigenvalue weighted by molar-refractivity contribution is 5.86. The number of carbonyl (C=O) groups excluding carboxylic acids is 3. The third-order valence-electron chi connectivity index (χ3n) is 8.96. The molecule has 2 amide bonds. The molecule has 0 spiro atoms. The zero-order valence-corrected chi connectivity index (χ0v) is 28.3. The minimum atomic E-state index is -1.15. The van der Waals surface area contributed by atoms with E-state index in [-0.39, 0.29) is 19.1 Å². The van der Waals surface area contributed by atoms with Crippen LogP contribution in [0.25, 0.3) is 0 Å². The summed E-state index contributed by atoms with van der Waals surface area (Å²) in [6.07, 6.45) is -4.22. The van der Waals surface area contributed by atoms with Crippen LogP contribution in [0.3, 0.4) is 0 Å². The zero-order valence-electron chi connectivity index (χ0n) is 28.3. The fourth-order valence-electron chi connectivity index (χ4n) is 6.53. The molecule has 10 nitrogen and oxygen atoms in total. The average Bonchev–Trinajstić information content (AvgIpc) is 3.59. The SMILES string of the molecule is CC(=O)N[C@H]1[C@@H]2OC[C@@H](O2)[C@@H](OC(c2ccccc2)(c2ccccc2)c2ccccc2)[C@@H]1O[C@H](C)C(=O)N[C@@H](C)C(=O)OCc1ccccc1. The molecule has 6 rings (SSSR count). The van der Waals surface area contributed by atoms with Crippen molar-refractivity contribution in [1.29, 1.82) is 0 Å². The number of fused-ring (bicyclic) bond motifs is 2. The Morgan fingerprint density at radius 1 is 0.780 bits per heavy atom. The summed E-state index contributed by atoms with van der Waals surface area (Å²) in [4.78, 5) is 38.8. The van der Waals surface area contributed by atoms with Crippen molar-refractivity contribution in [2.45, 2.75) is 75.8 Å². The molecule has 2 aliphatic heterocycles. The minimum absolute atomic E-state index is 0.0835. The minimum Gasteiger partial charge on any atom is -0.459 e. The highest BCUT2D eigenvalue weighted by atomic mass is 16.7. The number of nitrogens with one attached hydrogen (secondary N) is 2. The molecule has 2 fully saturated rings. The van der Waals surface area contributed by atoms with Gasteiger partial charge in [0.1, 0.15) is 48.7 Å². The lowest BCUT2D eigenvalue weighted by Gasteiger charge is -2.46. The molecule has 2 heterocycles. The maximum absolute atomic E-state index is 13.5. The second kappa shape index (κ2) is 15.8. The number of ether oxygens (including phenoxy) is 5. The number of hydrogen-bond acceptors (Lipinski definition) is 8. The Morgan fingerprint density at radius 2 is 1.30 bits per heavy atom. The van der Waals surface area contributed by atoms with E-state index in [0.717, 1.165) is 22.3 Å². The predicted molar refractivity (Wildman–Crippen MR) is 184 cm³/mol. The van der Waals surface area contributed by atoms with E-state index in [1.165, 1.54) is 6.92 Å². The second-order valence-electron chi connectivity index (χ2n) is 12.5. The van der Waals surface area contributed by atoms with Gasteiger partial charge in [-0.2, -0.15) is 0 Å².